The number of ether oxygens (including phenoxy) is 1. The van der Waals surface area contributed by atoms with Crippen molar-refractivity contribution in [1.29, 1.82) is 0 Å². The predicted molar refractivity (Wildman–Crippen MR) is 66.8 cm³/mol. The van der Waals surface area contributed by atoms with Crippen LogP contribution in [0.15, 0.2) is 18.2 Å². The Bertz CT molecular complexity index is 481. The van der Waals surface area contributed by atoms with Crippen LogP contribution in [-0.2, 0) is 0 Å². The third-order valence-corrected chi connectivity index (χ3v) is 4.75. The van der Waals surface area contributed by atoms with Crippen LogP contribution in [0, 0.1) is 17.7 Å². The predicted octanol–water partition coefficient (Wildman–Crippen LogP) is 3.17. The third-order valence-electron chi connectivity index (χ3n) is 4.75. The van der Waals surface area contributed by atoms with Crippen LogP contribution in [0.3, 0.4) is 0 Å². The lowest BCUT2D eigenvalue weighted by Crippen LogP contribution is -2.47. The first-order valence-corrected chi connectivity index (χ1v) is 6.93. The molecule has 1 aliphatic heterocycles. The van der Waals surface area contributed by atoms with Crippen molar-refractivity contribution in [2.45, 2.75) is 43.7 Å². The molecule has 0 saturated heterocycles. The average Bonchev–Trinajstić information content (AvgIpc) is 3.17. The zero-order valence-corrected chi connectivity index (χ0v) is 10.4. The molecule has 3 heteroatoms. The highest BCUT2D eigenvalue weighted by atomic mass is 19.1. The molecule has 1 atom stereocenters. The highest BCUT2D eigenvalue weighted by Crippen LogP contribution is 2.59. The topological polar surface area (TPSA) is 35.2 Å². The molecule has 0 radical (unpaired) electrons. The smallest absolute Gasteiger partial charge is 0.127 e. The van der Waals surface area contributed by atoms with Gasteiger partial charge in [0.1, 0.15) is 17.2 Å². The second-order valence-corrected chi connectivity index (χ2v) is 6.10. The van der Waals surface area contributed by atoms with E-state index in [1.807, 2.05) is 0 Å². The Hall–Kier alpha value is -1.09. The van der Waals surface area contributed by atoms with Crippen LogP contribution in [0.5, 0.6) is 5.75 Å². The zero-order chi connectivity index (χ0) is 12.3. The highest BCUT2D eigenvalue weighted by molar-refractivity contribution is 5.40. The third kappa shape index (κ3) is 1.50. The first-order valence-electron chi connectivity index (χ1n) is 6.93. The largest absolute Gasteiger partial charge is 0.486 e. The first-order chi connectivity index (χ1) is 8.69. The monoisotopic (exact) mass is 247 g/mol. The van der Waals surface area contributed by atoms with Gasteiger partial charge >= 0.3 is 0 Å². The Morgan fingerprint density at radius 2 is 1.83 bits per heavy atom. The summed E-state index contributed by atoms with van der Waals surface area (Å²) in [6.45, 7) is 0. The van der Waals surface area contributed by atoms with Crippen LogP contribution in [0.2, 0.25) is 0 Å². The van der Waals surface area contributed by atoms with Crippen LogP contribution in [0.25, 0.3) is 0 Å². The number of hydrogen-bond donors (Lipinski definition) is 1. The van der Waals surface area contributed by atoms with Crippen LogP contribution >= 0.6 is 0 Å². The molecule has 4 rings (SSSR count). The molecular formula is C15H18FNO. The number of fused-ring (bicyclic) bond motifs is 1. The summed E-state index contributed by atoms with van der Waals surface area (Å²) in [5.74, 6) is 1.75. The Balaban J connectivity index is 1.77. The zero-order valence-electron chi connectivity index (χ0n) is 10.4. The lowest BCUT2D eigenvalue weighted by Gasteiger charge is -2.42. The van der Waals surface area contributed by atoms with Gasteiger partial charge in [0.25, 0.3) is 0 Å². The second-order valence-electron chi connectivity index (χ2n) is 6.10. The van der Waals surface area contributed by atoms with Crippen molar-refractivity contribution in [2.75, 3.05) is 0 Å². The van der Waals surface area contributed by atoms with Crippen LogP contribution in [0.1, 0.15) is 43.7 Å². The molecule has 96 valence electrons. The molecule has 2 aliphatic carbocycles. The van der Waals surface area contributed by atoms with Crippen LogP contribution in [-0.4, -0.2) is 5.60 Å². The Kier molecular flexibility index (Phi) is 2.08. The van der Waals surface area contributed by atoms with Crippen LogP contribution < -0.4 is 10.5 Å². The van der Waals surface area contributed by atoms with Crippen molar-refractivity contribution in [3.8, 4) is 5.75 Å². The van der Waals surface area contributed by atoms with Gasteiger partial charge < -0.3 is 10.5 Å². The van der Waals surface area contributed by atoms with E-state index in [9.17, 15) is 4.39 Å². The van der Waals surface area contributed by atoms with E-state index in [2.05, 4.69) is 0 Å². The Morgan fingerprint density at radius 3 is 2.44 bits per heavy atom. The maximum atomic E-state index is 13.4. The van der Waals surface area contributed by atoms with E-state index >= 15 is 0 Å². The molecule has 1 aromatic carbocycles. The van der Waals surface area contributed by atoms with E-state index in [1.54, 1.807) is 6.07 Å². The number of halogens is 1. The maximum absolute atomic E-state index is 13.4. The fourth-order valence-electron chi connectivity index (χ4n) is 3.58. The fourth-order valence-corrected chi connectivity index (χ4v) is 3.58. The number of benzene rings is 1. The minimum absolute atomic E-state index is 0.00412. The second kappa shape index (κ2) is 3.47. The SMILES string of the molecule is N[C@@H]1CC(C2CC2)(C2CC2)Oc2cc(F)ccc21. The average molecular weight is 247 g/mol. The maximum Gasteiger partial charge on any atom is 0.127 e. The molecule has 1 heterocycles. The minimum Gasteiger partial charge on any atom is -0.486 e. The molecule has 1 aromatic rings. The summed E-state index contributed by atoms with van der Waals surface area (Å²) in [4.78, 5) is 0. The standard InChI is InChI=1S/C15H18FNO/c16-11-5-6-12-13(17)8-15(9-1-2-9,10-3-4-10)18-14(12)7-11/h5-7,9-10,13H,1-4,8,17H2/t13-/m1/s1. The van der Waals surface area contributed by atoms with Gasteiger partial charge in [0.2, 0.25) is 0 Å². The molecular weight excluding hydrogens is 229 g/mol. The fraction of sp³-hybridized carbons (Fsp3) is 0.600. The minimum atomic E-state index is -0.233. The van der Waals surface area contributed by atoms with Crippen molar-refractivity contribution in [3.05, 3.63) is 29.6 Å². The lowest BCUT2D eigenvalue weighted by atomic mass is 9.80. The molecule has 0 spiro atoms. The van der Waals surface area contributed by atoms with E-state index in [0.29, 0.717) is 17.6 Å². The van der Waals surface area contributed by atoms with Gasteiger partial charge in [-0.2, -0.15) is 0 Å². The molecule has 0 bridgehead atoms. The van der Waals surface area contributed by atoms with Crippen molar-refractivity contribution in [3.63, 3.8) is 0 Å². The van der Waals surface area contributed by atoms with E-state index in [4.69, 9.17) is 10.5 Å². The summed E-state index contributed by atoms with van der Waals surface area (Å²) >= 11 is 0. The van der Waals surface area contributed by atoms with Gasteiger partial charge in [-0.3, -0.25) is 0 Å². The Labute approximate surface area is 106 Å². The molecule has 2 fully saturated rings. The van der Waals surface area contributed by atoms with E-state index in [0.717, 1.165) is 12.0 Å². The highest BCUT2D eigenvalue weighted by Gasteiger charge is 2.58. The number of nitrogens with two attached hydrogens (primary N) is 1. The molecule has 2 nitrogen and oxygen atoms in total. The first kappa shape index (κ1) is 10.8. The molecule has 3 aliphatic rings. The molecule has 2 N–H and O–H groups in total. The van der Waals surface area contributed by atoms with Gasteiger partial charge in [0.15, 0.2) is 0 Å². The van der Waals surface area contributed by atoms with Crippen molar-refractivity contribution in [2.24, 2.45) is 17.6 Å². The summed E-state index contributed by atoms with van der Waals surface area (Å²) in [6, 6.07) is 4.76. The Morgan fingerprint density at radius 1 is 1.17 bits per heavy atom. The summed E-state index contributed by atoms with van der Waals surface area (Å²) in [5.41, 5.74) is 7.18. The summed E-state index contributed by atoms with van der Waals surface area (Å²) in [5, 5.41) is 0. The van der Waals surface area contributed by atoms with Crippen molar-refractivity contribution in [1.82, 2.24) is 0 Å². The van der Waals surface area contributed by atoms with Gasteiger partial charge in [0.05, 0.1) is 0 Å². The summed E-state index contributed by atoms with van der Waals surface area (Å²) < 4.78 is 19.7. The quantitative estimate of drug-likeness (QED) is 0.871. The molecule has 18 heavy (non-hydrogen) atoms. The van der Waals surface area contributed by atoms with E-state index in [-0.39, 0.29) is 17.5 Å². The number of rotatable bonds is 2. The van der Waals surface area contributed by atoms with Gasteiger partial charge in [-0.05, 0) is 43.6 Å². The lowest BCUT2D eigenvalue weighted by molar-refractivity contribution is -0.00692. The van der Waals surface area contributed by atoms with Crippen molar-refractivity contribution < 1.29 is 9.13 Å². The molecule has 2 saturated carbocycles. The van der Waals surface area contributed by atoms with Gasteiger partial charge in [-0.25, -0.2) is 4.39 Å². The van der Waals surface area contributed by atoms with Crippen molar-refractivity contribution >= 4 is 0 Å². The van der Waals surface area contributed by atoms with E-state index in [1.165, 1.54) is 37.8 Å². The summed E-state index contributed by atoms with van der Waals surface area (Å²) in [7, 11) is 0. The van der Waals surface area contributed by atoms with Gasteiger partial charge in [-0.15, -0.1) is 0 Å². The molecule has 0 amide bonds. The van der Waals surface area contributed by atoms with E-state index < -0.39 is 0 Å². The normalized spacial score (nSPS) is 29.6. The van der Waals surface area contributed by atoms with Gasteiger partial charge in [-0.1, -0.05) is 6.07 Å². The van der Waals surface area contributed by atoms with Crippen LogP contribution in [0.4, 0.5) is 4.39 Å². The molecule has 0 unspecified atom stereocenters. The number of hydrogen-bond acceptors (Lipinski definition) is 2. The molecule has 0 aromatic heterocycles. The van der Waals surface area contributed by atoms with Gasteiger partial charge in [0, 0.05) is 24.1 Å². The summed E-state index contributed by atoms with van der Waals surface area (Å²) in [6.07, 6.45) is 5.88.